The Morgan fingerprint density at radius 2 is 2.17 bits per heavy atom. The maximum atomic E-state index is 10.3. The average Bonchev–Trinajstić information content (AvgIpc) is 3.12. The van der Waals surface area contributed by atoms with Crippen LogP contribution >= 0.6 is 0 Å². The first kappa shape index (κ1) is 16.6. The number of aliphatic hydroxyl groups excluding tert-OH is 2. The minimum atomic E-state index is -1.13. The lowest BCUT2D eigenvalue weighted by molar-refractivity contribution is -0.0531. The van der Waals surface area contributed by atoms with Gasteiger partial charge in [-0.2, -0.15) is 0 Å². The number of imidazole rings is 1. The summed E-state index contributed by atoms with van der Waals surface area (Å²) in [5.74, 6) is 0.243. The Morgan fingerprint density at radius 3 is 2.96 bits per heavy atom. The number of rotatable bonds is 6. The number of hydrogen-bond acceptors (Lipinski definition) is 8. The number of ether oxygens (including phenoxy) is 2. The number of allylic oxidation sites excluding steroid dienone is 1. The molecule has 3 heterocycles. The van der Waals surface area contributed by atoms with E-state index in [9.17, 15) is 10.2 Å². The van der Waals surface area contributed by atoms with Crippen LogP contribution in [0.25, 0.3) is 11.2 Å². The van der Waals surface area contributed by atoms with E-state index in [1.54, 1.807) is 6.26 Å². The highest BCUT2D eigenvalue weighted by Gasteiger charge is 2.44. The van der Waals surface area contributed by atoms with Gasteiger partial charge in [-0.15, -0.1) is 0 Å². The average molecular weight is 335 g/mol. The zero-order valence-corrected chi connectivity index (χ0v) is 13.3. The summed E-state index contributed by atoms with van der Waals surface area (Å²) in [4.78, 5) is 12.1. The molecule has 0 radical (unpaired) electrons. The Labute approximate surface area is 138 Å². The normalized spacial score (nSPS) is 27.3. The molecule has 0 unspecified atom stereocenters. The fraction of sp³-hybridized carbons (Fsp3) is 0.533. The van der Waals surface area contributed by atoms with Crippen LogP contribution in [-0.2, 0) is 9.47 Å². The van der Waals surface area contributed by atoms with Crippen LogP contribution in [0, 0.1) is 0 Å². The van der Waals surface area contributed by atoms with Crippen LogP contribution < -0.4 is 5.73 Å². The molecule has 9 heteroatoms. The first-order valence-electron chi connectivity index (χ1n) is 7.84. The van der Waals surface area contributed by atoms with Crippen LogP contribution in [0.4, 0.5) is 5.82 Å². The van der Waals surface area contributed by atoms with E-state index >= 15 is 0 Å². The number of nitrogens with zero attached hydrogens (tertiary/aromatic N) is 4. The molecule has 0 aromatic carbocycles. The van der Waals surface area contributed by atoms with Gasteiger partial charge in [0.1, 0.15) is 36.8 Å². The maximum absolute atomic E-state index is 10.3. The summed E-state index contributed by atoms with van der Waals surface area (Å²) in [6, 6.07) is 0. The monoisotopic (exact) mass is 335 g/mol. The third-order valence-electron chi connectivity index (χ3n) is 3.91. The number of aliphatic hydroxyl groups is 2. The van der Waals surface area contributed by atoms with Gasteiger partial charge in [0.05, 0.1) is 12.6 Å². The number of aromatic nitrogens is 4. The van der Waals surface area contributed by atoms with E-state index < -0.39 is 24.5 Å². The van der Waals surface area contributed by atoms with Gasteiger partial charge < -0.3 is 25.4 Å². The van der Waals surface area contributed by atoms with E-state index in [4.69, 9.17) is 15.2 Å². The second-order valence-corrected chi connectivity index (χ2v) is 5.62. The number of anilines is 1. The molecule has 0 aliphatic carbocycles. The van der Waals surface area contributed by atoms with Crippen molar-refractivity contribution in [2.24, 2.45) is 0 Å². The van der Waals surface area contributed by atoms with Gasteiger partial charge in [0.25, 0.3) is 0 Å². The van der Waals surface area contributed by atoms with Crippen LogP contribution in [0.1, 0.15) is 26.0 Å². The Hall–Kier alpha value is -2.23. The lowest BCUT2D eigenvalue weighted by atomic mass is 10.1. The standard InChI is InChI=1S/C15H21N5O4/c1-2-3-4-5-23-6-9-11(21)12(22)15(24-9)20-8-19-10-13(16)17-7-18-14(10)20/h4-5,7-9,11-12,15,21-22H,2-3,6H2,1H3,(H2,16,17,18)/t9-,11-,12-,15-/m1/s1. The number of nitrogens with two attached hydrogens (primary N) is 1. The molecule has 4 N–H and O–H groups in total. The third-order valence-corrected chi connectivity index (χ3v) is 3.91. The van der Waals surface area contributed by atoms with Gasteiger partial charge in [-0.1, -0.05) is 13.3 Å². The largest absolute Gasteiger partial charge is 0.499 e. The van der Waals surface area contributed by atoms with Crippen molar-refractivity contribution in [2.45, 2.75) is 44.3 Å². The molecule has 1 aliphatic heterocycles. The van der Waals surface area contributed by atoms with Crippen molar-refractivity contribution >= 4 is 17.0 Å². The fourth-order valence-electron chi connectivity index (χ4n) is 2.61. The van der Waals surface area contributed by atoms with Gasteiger partial charge in [-0.3, -0.25) is 4.57 Å². The predicted octanol–water partition coefficient (Wildman–Crippen LogP) is 0.358. The summed E-state index contributed by atoms with van der Waals surface area (Å²) in [5, 5.41) is 20.5. The SMILES string of the molecule is CCCC=COC[C@H]1O[C@@H](n2cnc3c(N)ncnc32)[C@H](O)[C@@H]1O. The van der Waals surface area contributed by atoms with E-state index in [0.29, 0.717) is 11.2 Å². The number of hydrogen-bond donors (Lipinski definition) is 3. The molecule has 0 bridgehead atoms. The Kier molecular flexibility index (Phi) is 4.93. The Balaban J connectivity index is 1.73. The van der Waals surface area contributed by atoms with E-state index in [-0.39, 0.29) is 12.4 Å². The minimum Gasteiger partial charge on any atom is -0.499 e. The minimum absolute atomic E-state index is 0.138. The second kappa shape index (κ2) is 7.12. The van der Waals surface area contributed by atoms with E-state index in [0.717, 1.165) is 12.8 Å². The molecule has 2 aromatic heterocycles. The van der Waals surface area contributed by atoms with E-state index in [2.05, 4.69) is 21.9 Å². The number of unbranched alkanes of at least 4 members (excludes halogenated alkanes) is 1. The highest BCUT2D eigenvalue weighted by molar-refractivity contribution is 5.81. The van der Waals surface area contributed by atoms with Crippen molar-refractivity contribution < 1.29 is 19.7 Å². The van der Waals surface area contributed by atoms with Crippen LogP contribution in [-0.4, -0.2) is 54.7 Å². The Bertz CT molecular complexity index is 719. The summed E-state index contributed by atoms with van der Waals surface area (Å²) in [7, 11) is 0. The van der Waals surface area contributed by atoms with Crippen molar-refractivity contribution in [1.29, 1.82) is 0 Å². The lowest BCUT2D eigenvalue weighted by Crippen LogP contribution is -2.33. The molecule has 2 aromatic rings. The first-order valence-corrected chi connectivity index (χ1v) is 7.84. The van der Waals surface area contributed by atoms with Crippen molar-refractivity contribution in [3.05, 3.63) is 25.0 Å². The topological polar surface area (TPSA) is 129 Å². The molecule has 0 saturated carbocycles. The van der Waals surface area contributed by atoms with Crippen LogP contribution in [0.3, 0.4) is 0 Å². The maximum Gasteiger partial charge on any atom is 0.167 e. The van der Waals surface area contributed by atoms with Gasteiger partial charge in [-0.25, -0.2) is 15.0 Å². The molecule has 0 amide bonds. The quantitative estimate of drug-likeness (QED) is 0.645. The first-order chi connectivity index (χ1) is 11.6. The molecule has 3 rings (SSSR count). The fourth-order valence-corrected chi connectivity index (χ4v) is 2.61. The summed E-state index contributed by atoms with van der Waals surface area (Å²) in [5.41, 5.74) is 6.61. The van der Waals surface area contributed by atoms with Gasteiger partial charge in [-0.05, 0) is 12.5 Å². The number of nitrogen functional groups attached to an aromatic ring is 1. The second-order valence-electron chi connectivity index (χ2n) is 5.62. The van der Waals surface area contributed by atoms with Crippen LogP contribution in [0.2, 0.25) is 0 Å². The van der Waals surface area contributed by atoms with Crippen molar-refractivity contribution in [3.8, 4) is 0 Å². The zero-order chi connectivity index (χ0) is 17.1. The molecule has 1 fully saturated rings. The molecule has 1 aliphatic rings. The molecular weight excluding hydrogens is 314 g/mol. The molecule has 24 heavy (non-hydrogen) atoms. The van der Waals surface area contributed by atoms with Crippen LogP contribution in [0.5, 0.6) is 0 Å². The zero-order valence-electron chi connectivity index (χ0n) is 13.3. The molecule has 4 atom stereocenters. The highest BCUT2D eigenvalue weighted by Crippen LogP contribution is 2.32. The summed E-state index contributed by atoms with van der Waals surface area (Å²) in [6.07, 6.45) is 4.51. The third kappa shape index (κ3) is 3.05. The lowest BCUT2D eigenvalue weighted by Gasteiger charge is -2.16. The van der Waals surface area contributed by atoms with Gasteiger partial charge in [0.2, 0.25) is 0 Å². The van der Waals surface area contributed by atoms with E-state index in [1.165, 1.54) is 17.2 Å². The predicted molar refractivity (Wildman–Crippen MR) is 85.7 cm³/mol. The molecule has 9 nitrogen and oxygen atoms in total. The molecule has 0 spiro atoms. The van der Waals surface area contributed by atoms with Gasteiger partial charge >= 0.3 is 0 Å². The number of fused-ring (bicyclic) bond motifs is 1. The smallest absolute Gasteiger partial charge is 0.167 e. The summed E-state index contributed by atoms with van der Waals surface area (Å²) >= 11 is 0. The highest BCUT2D eigenvalue weighted by atomic mass is 16.6. The molecular formula is C15H21N5O4. The Morgan fingerprint density at radius 1 is 1.33 bits per heavy atom. The van der Waals surface area contributed by atoms with Gasteiger partial charge in [0.15, 0.2) is 17.7 Å². The van der Waals surface area contributed by atoms with E-state index in [1.807, 2.05) is 6.08 Å². The summed E-state index contributed by atoms with van der Waals surface area (Å²) < 4.78 is 12.6. The molecule has 130 valence electrons. The van der Waals surface area contributed by atoms with Crippen molar-refractivity contribution in [3.63, 3.8) is 0 Å². The molecule has 1 saturated heterocycles. The van der Waals surface area contributed by atoms with Gasteiger partial charge in [0, 0.05) is 0 Å². The van der Waals surface area contributed by atoms with Crippen molar-refractivity contribution in [1.82, 2.24) is 19.5 Å². The van der Waals surface area contributed by atoms with Crippen molar-refractivity contribution in [2.75, 3.05) is 12.3 Å². The summed E-state index contributed by atoms with van der Waals surface area (Å²) in [6.45, 7) is 2.21. The van der Waals surface area contributed by atoms with Crippen LogP contribution in [0.15, 0.2) is 25.0 Å².